The molecule has 0 bridgehead atoms. The lowest BCUT2D eigenvalue weighted by molar-refractivity contribution is -1.01. The fraction of sp³-hybridized carbons (Fsp3) is 0.348. The monoisotopic (exact) mass is 396 g/mol. The van der Waals surface area contributed by atoms with E-state index in [0.717, 1.165) is 50.6 Å². The second kappa shape index (κ2) is 9.22. The fourth-order valence-electron chi connectivity index (χ4n) is 3.94. The fourth-order valence-corrected chi connectivity index (χ4v) is 3.94. The van der Waals surface area contributed by atoms with Crippen LogP contribution in [0.3, 0.4) is 0 Å². The number of benzene rings is 2. The van der Waals surface area contributed by atoms with Gasteiger partial charge >= 0.3 is 0 Å². The van der Waals surface area contributed by atoms with E-state index in [1.165, 1.54) is 16.1 Å². The molecule has 1 saturated heterocycles. The van der Waals surface area contributed by atoms with E-state index >= 15 is 0 Å². The quantitative estimate of drug-likeness (QED) is 0.509. The second-order valence-corrected chi connectivity index (χ2v) is 7.57. The Kier molecular flexibility index (Phi) is 6.24. The van der Waals surface area contributed by atoms with Crippen molar-refractivity contribution in [3.05, 3.63) is 65.0 Å². The van der Waals surface area contributed by atoms with Crippen molar-refractivity contribution in [3.8, 4) is 16.9 Å². The predicted molar refractivity (Wildman–Crippen MR) is 112 cm³/mol. The minimum atomic E-state index is -0.0308. The van der Waals surface area contributed by atoms with Crippen LogP contribution in [0.1, 0.15) is 0 Å². The van der Waals surface area contributed by atoms with Crippen molar-refractivity contribution in [3.63, 3.8) is 0 Å². The summed E-state index contributed by atoms with van der Waals surface area (Å²) in [4.78, 5) is 15.8. The van der Waals surface area contributed by atoms with E-state index in [2.05, 4.69) is 0 Å². The van der Waals surface area contributed by atoms with Gasteiger partial charge in [0.15, 0.2) is 5.43 Å². The van der Waals surface area contributed by atoms with Gasteiger partial charge in [-0.25, -0.2) is 0 Å². The first-order chi connectivity index (χ1) is 14.2. The molecule has 3 N–H and O–H groups in total. The van der Waals surface area contributed by atoms with Crippen LogP contribution in [-0.4, -0.2) is 57.6 Å². The van der Waals surface area contributed by atoms with Gasteiger partial charge in [0, 0.05) is 6.07 Å². The highest BCUT2D eigenvalue weighted by Crippen LogP contribution is 2.22. The molecule has 0 unspecified atom stereocenters. The average molecular weight is 396 g/mol. The standard InChI is InChI=1S/C23H26N2O4/c26-14-12-24-8-10-25(11-9-24)13-15-28-19-6-7-20-22(16-19)29-17-21(23(20)27)18-4-2-1-3-5-18/h1-7,16-17,26H,8-15H2/p+2. The van der Waals surface area contributed by atoms with Gasteiger partial charge in [0.1, 0.15) is 63.5 Å². The first kappa shape index (κ1) is 19.6. The SMILES string of the molecule is O=c1c(-c2ccccc2)coc2cc(OCC[NH+]3CC[NH+](CCO)CC3)ccc12. The smallest absolute Gasteiger partial charge is 0.200 e. The Morgan fingerprint density at radius 3 is 2.41 bits per heavy atom. The molecule has 2 heterocycles. The minimum absolute atomic E-state index is 0.0308. The van der Waals surface area contributed by atoms with Crippen LogP contribution in [0.2, 0.25) is 0 Å². The molecule has 1 fully saturated rings. The maximum atomic E-state index is 12.8. The zero-order valence-electron chi connectivity index (χ0n) is 16.5. The second-order valence-electron chi connectivity index (χ2n) is 7.57. The number of hydrogen-bond donors (Lipinski definition) is 3. The molecule has 29 heavy (non-hydrogen) atoms. The Hall–Kier alpha value is -2.67. The summed E-state index contributed by atoms with van der Waals surface area (Å²) in [6, 6.07) is 15.0. The van der Waals surface area contributed by atoms with Crippen LogP contribution < -0.4 is 20.0 Å². The van der Waals surface area contributed by atoms with Gasteiger partial charge in [-0.3, -0.25) is 4.79 Å². The summed E-state index contributed by atoms with van der Waals surface area (Å²) >= 11 is 0. The van der Waals surface area contributed by atoms with Gasteiger partial charge < -0.3 is 24.1 Å². The molecule has 1 aromatic heterocycles. The van der Waals surface area contributed by atoms with Gasteiger partial charge in [-0.1, -0.05) is 30.3 Å². The zero-order valence-corrected chi connectivity index (χ0v) is 16.5. The molecule has 6 heteroatoms. The van der Waals surface area contributed by atoms with Gasteiger partial charge in [0.25, 0.3) is 0 Å². The van der Waals surface area contributed by atoms with Gasteiger partial charge in [-0.2, -0.15) is 0 Å². The Morgan fingerprint density at radius 1 is 0.966 bits per heavy atom. The van der Waals surface area contributed by atoms with Gasteiger partial charge in [0.05, 0.1) is 17.6 Å². The molecule has 3 aromatic rings. The van der Waals surface area contributed by atoms with Crippen molar-refractivity contribution in [2.75, 3.05) is 52.5 Å². The van der Waals surface area contributed by atoms with E-state index in [9.17, 15) is 4.79 Å². The highest BCUT2D eigenvalue weighted by atomic mass is 16.5. The van der Waals surface area contributed by atoms with Crippen LogP contribution >= 0.6 is 0 Å². The van der Waals surface area contributed by atoms with Gasteiger partial charge in [0.2, 0.25) is 0 Å². The lowest BCUT2D eigenvalue weighted by Crippen LogP contribution is -3.28. The summed E-state index contributed by atoms with van der Waals surface area (Å²) in [6.07, 6.45) is 1.53. The van der Waals surface area contributed by atoms with Gasteiger partial charge in [-0.15, -0.1) is 0 Å². The molecule has 4 rings (SSSR count). The lowest BCUT2D eigenvalue weighted by atomic mass is 10.1. The summed E-state index contributed by atoms with van der Waals surface area (Å²) in [5, 5.41) is 9.60. The van der Waals surface area contributed by atoms with Crippen molar-refractivity contribution >= 4 is 11.0 Å². The first-order valence-electron chi connectivity index (χ1n) is 10.3. The number of piperazine rings is 1. The van der Waals surface area contributed by atoms with Crippen LogP contribution in [0.15, 0.2) is 64.0 Å². The summed E-state index contributed by atoms with van der Waals surface area (Å²) in [6.45, 7) is 7.09. The zero-order chi connectivity index (χ0) is 20.1. The van der Waals surface area contributed by atoms with E-state index < -0.39 is 0 Å². The maximum absolute atomic E-state index is 12.8. The summed E-state index contributed by atoms with van der Waals surface area (Å²) < 4.78 is 11.7. The largest absolute Gasteiger partial charge is 0.488 e. The van der Waals surface area contributed by atoms with Crippen LogP contribution in [0.5, 0.6) is 5.75 Å². The van der Waals surface area contributed by atoms with Crippen LogP contribution in [0.4, 0.5) is 0 Å². The van der Waals surface area contributed by atoms with E-state index in [-0.39, 0.29) is 12.0 Å². The molecule has 1 aliphatic heterocycles. The number of rotatable bonds is 7. The predicted octanol–water partition coefficient (Wildman–Crippen LogP) is -0.385. The molecular formula is C23H28N2O4+2. The molecule has 1 aliphatic rings. The topological polar surface area (TPSA) is 68.5 Å². The number of quaternary nitrogens is 2. The summed E-state index contributed by atoms with van der Waals surface area (Å²) in [5.41, 5.74) is 1.93. The molecular weight excluding hydrogens is 368 g/mol. The van der Waals surface area contributed by atoms with Gasteiger partial charge in [-0.05, 0) is 17.7 Å². The molecule has 0 radical (unpaired) electrons. The Morgan fingerprint density at radius 2 is 1.69 bits per heavy atom. The number of aliphatic hydroxyl groups excluding tert-OH is 1. The van der Waals surface area contributed by atoms with Crippen molar-refractivity contribution in [1.82, 2.24) is 0 Å². The molecule has 2 aromatic carbocycles. The highest BCUT2D eigenvalue weighted by molar-refractivity contribution is 5.82. The van der Waals surface area contributed by atoms with E-state index in [1.807, 2.05) is 36.4 Å². The van der Waals surface area contributed by atoms with E-state index in [0.29, 0.717) is 23.1 Å². The molecule has 6 nitrogen and oxygen atoms in total. The summed E-state index contributed by atoms with van der Waals surface area (Å²) in [7, 11) is 0. The third-order valence-electron chi connectivity index (χ3n) is 5.68. The van der Waals surface area contributed by atoms with Crippen molar-refractivity contribution in [2.24, 2.45) is 0 Å². The normalized spacial score (nSPS) is 19.3. The molecule has 0 amide bonds. The highest BCUT2D eigenvalue weighted by Gasteiger charge is 2.22. The first-order valence-corrected chi connectivity index (χ1v) is 10.3. The number of ether oxygens (including phenoxy) is 1. The third kappa shape index (κ3) is 4.67. The maximum Gasteiger partial charge on any atom is 0.200 e. The Bertz CT molecular complexity index is 995. The number of fused-ring (bicyclic) bond motifs is 1. The van der Waals surface area contributed by atoms with Crippen LogP contribution in [-0.2, 0) is 0 Å². The number of hydrogen-bond acceptors (Lipinski definition) is 4. The van der Waals surface area contributed by atoms with E-state index in [4.69, 9.17) is 14.3 Å². The minimum Gasteiger partial charge on any atom is -0.488 e. The molecule has 0 atom stereocenters. The molecule has 0 spiro atoms. The lowest BCUT2D eigenvalue weighted by Gasteiger charge is -2.29. The van der Waals surface area contributed by atoms with Crippen molar-refractivity contribution in [2.45, 2.75) is 0 Å². The Balaban J connectivity index is 1.38. The van der Waals surface area contributed by atoms with Crippen molar-refractivity contribution < 1.29 is 24.1 Å². The number of nitrogens with one attached hydrogen (secondary N) is 2. The number of aliphatic hydroxyl groups is 1. The Labute approximate surface area is 169 Å². The third-order valence-corrected chi connectivity index (χ3v) is 5.68. The molecule has 0 saturated carbocycles. The van der Waals surface area contributed by atoms with Crippen LogP contribution in [0, 0.1) is 0 Å². The van der Waals surface area contributed by atoms with E-state index in [1.54, 1.807) is 12.1 Å². The van der Waals surface area contributed by atoms with Crippen molar-refractivity contribution in [1.29, 1.82) is 0 Å². The molecule has 0 aliphatic carbocycles. The molecule has 152 valence electrons. The average Bonchev–Trinajstić information content (AvgIpc) is 2.76. The van der Waals surface area contributed by atoms with Crippen LogP contribution in [0.25, 0.3) is 22.1 Å². The summed E-state index contributed by atoms with van der Waals surface area (Å²) in [5.74, 6) is 0.719.